The van der Waals surface area contributed by atoms with E-state index in [2.05, 4.69) is 14.9 Å². The van der Waals surface area contributed by atoms with E-state index < -0.39 is 0 Å². The maximum atomic E-state index is 6.02. The van der Waals surface area contributed by atoms with Gasteiger partial charge in [-0.1, -0.05) is 0 Å². The molecule has 0 amide bonds. The van der Waals surface area contributed by atoms with Crippen molar-refractivity contribution in [3.05, 3.63) is 18.5 Å². The lowest BCUT2D eigenvalue weighted by atomic mass is 9.66. The molecular formula is C18H27N3O2. The average molecular weight is 317 g/mol. The van der Waals surface area contributed by atoms with E-state index in [1.807, 2.05) is 18.5 Å². The van der Waals surface area contributed by atoms with Gasteiger partial charge in [-0.15, -0.1) is 0 Å². The lowest BCUT2D eigenvalue weighted by Gasteiger charge is -2.49. The van der Waals surface area contributed by atoms with Crippen molar-refractivity contribution in [1.82, 2.24) is 9.97 Å². The SMILES string of the molecule is c1cnc(N2CCC3(CCOC[C@@H]3COCC3CC3)CC2)nc1. The normalized spacial score (nSPS) is 27.3. The fraction of sp³-hybridized carbons (Fsp3) is 0.778. The molecule has 1 saturated carbocycles. The molecule has 1 aromatic rings. The first-order valence-electron chi connectivity index (χ1n) is 9.03. The fourth-order valence-corrected chi connectivity index (χ4v) is 4.03. The summed E-state index contributed by atoms with van der Waals surface area (Å²) in [5.74, 6) is 2.26. The smallest absolute Gasteiger partial charge is 0.225 e. The Balaban J connectivity index is 1.36. The second kappa shape index (κ2) is 6.73. The summed E-state index contributed by atoms with van der Waals surface area (Å²) in [6.07, 6.45) is 9.95. The third-order valence-corrected chi connectivity index (χ3v) is 5.89. The van der Waals surface area contributed by atoms with Crippen LogP contribution in [0.25, 0.3) is 0 Å². The summed E-state index contributed by atoms with van der Waals surface area (Å²) in [7, 11) is 0. The highest BCUT2D eigenvalue weighted by atomic mass is 16.5. The van der Waals surface area contributed by atoms with Gasteiger partial charge in [0.25, 0.3) is 0 Å². The van der Waals surface area contributed by atoms with Crippen LogP contribution >= 0.6 is 0 Å². The molecule has 4 rings (SSSR count). The van der Waals surface area contributed by atoms with Crippen LogP contribution in [0.3, 0.4) is 0 Å². The molecule has 1 aliphatic carbocycles. The van der Waals surface area contributed by atoms with E-state index in [-0.39, 0.29) is 0 Å². The number of hydrogen-bond acceptors (Lipinski definition) is 5. The standard InChI is InChI=1S/C18H27N3O2/c1-7-19-17(20-8-1)21-9-4-18(5-10-21)6-11-22-13-16(18)14-23-12-15-2-3-15/h1,7-8,15-16H,2-6,9-14H2/t16-/m1/s1. The van der Waals surface area contributed by atoms with Crippen LogP contribution in [0.1, 0.15) is 32.1 Å². The Morgan fingerprint density at radius 3 is 2.65 bits per heavy atom. The summed E-state index contributed by atoms with van der Waals surface area (Å²) >= 11 is 0. The highest BCUT2D eigenvalue weighted by Crippen LogP contribution is 2.45. The molecule has 0 aromatic carbocycles. The molecule has 3 fully saturated rings. The van der Waals surface area contributed by atoms with Crippen LogP contribution in [0.15, 0.2) is 18.5 Å². The lowest BCUT2D eigenvalue weighted by molar-refractivity contribution is -0.0872. The summed E-state index contributed by atoms with van der Waals surface area (Å²) in [4.78, 5) is 11.1. The van der Waals surface area contributed by atoms with E-state index in [0.717, 1.165) is 51.4 Å². The van der Waals surface area contributed by atoms with Crippen molar-refractivity contribution in [1.29, 1.82) is 0 Å². The Morgan fingerprint density at radius 2 is 1.91 bits per heavy atom. The number of ether oxygens (including phenoxy) is 2. The number of piperidine rings is 1. The average Bonchev–Trinajstić information content (AvgIpc) is 3.43. The largest absolute Gasteiger partial charge is 0.381 e. The van der Waals surface area contributed by atoms with Crippen LogP contribution in [0, 0.1) is 17.3 Å². The maximum absolute atomic E-state index is 6.02. The summed E-state index contributed by atoms with van der Waals surface area (Å²) < 4.78 is 11.8. The van der Waals surface area contributed by atoms with E-state index in [0.29, 0.717) is 11.3 Å². The number of aromatic nitrogens is 2. The van der Waals surface area contributed by atoms with Gasteiger partial charge >= 0.3 is 0 Å². The zero-order chi connectivity index (χ0) is 15.5. The van der Waals surface area contributed by atoms with Gasteiger partial charge in [0.15, 0.2) is 0 Å². The molecule has 5 nitrogen and oxygen atoms in total. The van der Waals surface area contributed by atoms with Crippen LogP contribution in [0.2, 0.25) is 0 Å². The predicted octanol–water partition coefficient (Wildman–Crippen LogP) is 2.53. The second-order valence-electron chi connectivity index (χ2n) is 7.40. The van der Waals surface area contributed by atoms with Crippen molar-refractivity contribution in [3.63, 3.8) is 0 Å². The molecule has 126 valence electrons. The van der Waals surface area contributed by atoms with Crippen molar-refractivity contribution in [2.75, 3.05) is 44.4 Å². The van der Waals surface area contributed by atoms with E-state index in [1.165, 1.54) is 32.1 Å². The van der Waals surface area contributed by atoms with Crippen LogP contribution in [0.4, 0.5) is 5.95 Å². The summed E-state index contributed by atoms with van der Waals surface area (Å²) in [6.45, 7) is 5.69. The summed E-state index contributed by atoms with van der Waals surface area (Å²) in [5.41, 5.74) is 0.396. The van der Waals surface area contributed by atoms with Gasteiger partial charge in [0.05, 0.1) is 13.2 Å². The Kier molecular flexibility index (Phi) is 4.49. The van der Waals surface area contributed by atoms with Crippen LogP contribution < -0.4 is 4.90 Å². The third kappa shape index (κ3) is 3.50. The van der Waals surface area contributed by atoms with Gasteiger partial charge in [-0.25, -0.2) is 9.97 Å². The molecule has 2 aliphatic heterocycles. The topological polar surface area (TPSA) is 47.5 Å². The molecule has 0 unspecified atom stereocenters. The molecule has 1 spiro atoms. The number of hydrogen-bond donors (Lipinski definition) is 0. The van der Waals surface area contributed by atoms with Crippen molar-refractivity contribution in [2.45, 2.75) is 32.1 Å². The van der Waals surface area contributed by atoms with Crippen molar-refractivity contribution in [3.8, 4) is 0 Å². The Morgan fingerprint density at radius 1 is 1.13 bits per heavy atom. The molecular weight excluding hydrogens is 290 g/mol. The van der Waals surface area contributed by atoms with Crippen molar-refractivity contribution in [2.24, 2.45) is 17.3 Å². The Labute approximate surface area is 138 Å². The molecule has 2 saturated heterocycles. The zero-order valence-electron chi connectivity index (χ0n) is 13.8. The minimum Gasteiger partial charge on any atom is -0.381 e. The first kappa shape index (κ1) is 15.3. The van der Waals surface area contributed by atoms with E-state index >= 15 is 0 Å². The first-order valence-corrected chi connectivity index (χ1v) is 9.03. The van der Waals surface area contributed by atoms with Crippen molar-refractivity contribution < 1.29 is 9.47 Å². The summed E-state index contributed by atoms with van der Waals surface area (Å²) in [5, 5.41) is 0. The van der Waals surface area contributed by atoms with E-state index in [9.17, 15) is 0 Å². The number of nitrogens with zero attached hydrogens (tertiary/aromatic N) is 3. The number of anilines is 1. The molecule has 3 aliphatic rings. The maximum Gasteiger partial charge on any atom is 0.225 e. The molecule has 23 heavy (non-hydrogen) atoms. The molecule has 0 radical (unpaired) electrons. The lowest BCUT2D eigenvalue weighted by Crippen LogP contribution is -2.49. The van der Waals surface area contributed by atoms with Crippen LogP contribution in [-0.4, -0.2) is 49.5 Å². The highest BCUT2D eigenvalue weighted by molar-refractivity contribution is 5.29. The van der Waals surface area contributed by atoms with Gasteiger partial charge < -0.3 is 14.4 Å². The van der Waals surface area contributed by atoms with Gasteiger partial charge in [-0.05, 0) is 49.5 Å². The molecule has 1 aromatic heterocycles. The molecule has 0 bridgehead atoms. The Hall–Kier alpha value is -1.20. The van der Waals surface area contributed by atoms with E-state index in [4.69, 9.17) is 9.47 Å². The molecule has 0 N–H and O–H groups in total. The number of rotatable bonds is 5. The molecule has 1 atom stereocenters. The van der Waals surface area contributed by atoms with Crippen LogP contribution in [0.5, 0.6) is 0 Å². The van der Waals surface area contributed by atoms with Gasteiger partial charge in [0, 0.05) is 44.6 Å². The zero-order valence-corrected chi connectivity index (χ0v) is 13.8. The third-order valence-electron chi connectivity index (χ3n) is 5.89. The van der Waals surface area contributed by atoms with E-state index in [1.54, 1.807) is 0 Å². The van der Waals surface area contributed by atoms with Gasteiger partial charge in [0.1, 0.15) is 0 Å². The van der Waals surface area contributed by atoms with Crippen LogP contribution in [-0.2, 0) is 9.47 Å². The molecule has 3 heterocycles. The minimum atomic E-state index is 0.396. The van der Waals surface area contributed by atoms with Gasteiger partial charge in [-0.3, -0.25) is 0 Å². The molecule has 5 heteroatoms. The fourth-order valence-electron chi connectivity index (χ4n) is 4.03. The first-order chi connectivity index (χ1) is 11.4. The highest BCUT2D eigenvalue weighted by Gasteiger charge is 2.44. The summed E-state index contributed by atoms with van der Waals surface area (Å²) in [6, 6.07) is 1.88. The predicted molar refractivity (Wildman–Crippen MR) is 88.4 cm³/mol. The van der Waals surface area contributed by atoms with Gasteiger partial charge in [-0.2, -0.15) is 0 Å². The quantitative estimate of drug-likeness (QED) is 0.835. The van der Waals surface area contributed by atoms with Gasteiger partial charge in [0.2, 0.25) is 5.95 Å². The van der Waals surface area contributed by atoms with Crippen molar-refractivity contribution >= 4 is 5.95 Å². The minimum absolute atomic E-state index is 0.396. The Bertz CT molecular complexity index is 498. The monoisotopic (exact) mass is 317 g/mol. The second-order valence-corrected chi connectivity index (χ2v) is 7.40.